The summed E-state index contributed by atoms with van der Waals surface area (Å²) < 4.78 is 32.2. The molecule has 1 aromatic heterocycles. The minimum atomic E-state index is -3.61. The average Bonchev–Trinajstić information content (AvgIpc) is 2.53. The largest absolute Gasteiger partial charge is 0.481 e. The summed E-state index contributed by atoms with van der Waals surface area (Å²) in [4.78, 5) is 4.17. The summed E-state index contributed by atoms with van der Waals surface area (Å²) in [5.41, 5.74) is 6.92. The molecule has 0 unspecified atom stereocenters. The van der Waals surface area contributed by atoms with E-state index in [0.29, 0.717) is 11.4 Å². The summed E-state index contributed by atoms with van der Waals surface area (Å²) in [5, 5.41) is 0. The number of benzene rings is 1. The molecule has 1 heterocycles. The number of hydrogen-bond donors (Lipinski definition) is 2. The van der Waals surface area contributed by atoms with E-state index in [2.05, 4.69) is 9.71 Å². The number of sulfonamides is 1. The van der Waals surface area contributed by atoms with Crippen LogP contribution in [0, 0.1) is 0 Å². The molecule has 3 N–H and O–H groups in total. The third kappa shape index (κ3) is 3.78. The molecule has 112 valence electrons. The van der Waals surface area contributed by atoms with Crippen molar-refractivity contribution in [1.29, 1.82) is 0 Å². The molecular formula is C14H17N3O3S. The first-order chi connectivity index (χ1) is 10.1. The molecule has 6 nitrogen and oxygen atoms in total. The Morgan fingerprint density at radius 2 is 2.05 bits per heavy atom. The first kappa shape index (κ1) is 15.4. The van der Waals surface area contributed by atoms with Crippen molar-refractivity contribution in [1.82, 2.24) is 9.71 Å². The van der Waals surface area contributed by atoms with Crippen LogP contribution < -0.4 is 15.2 Å². The Morgan fingerprint density at radius 3 is 2.76 bits per heavy atom. The highest BCUT2D eigenvalue weighted by Gasteiger charge is 2.17. The maximum atomic E-state index is 12.3. The van der Waals surface area contributed by atoms with Gasteiger partial charge in [-0.3, -0.25) is 0 Å². The Labute approximate surface area is 124 Å². The summed E-state index contributed by atoms with van der Waals surface area (Å²) in [6.45, 7) is 0.320. The number of nitrogens with two attached hydrogens (primary N) is 1. The zero-order chi connectivity index (χ0) is 15.3. The first-order valence-corrected chi connectivity index (χ1v) is 7.81. The molecule has 1 aromatic carbocycles. The molecular weight excluding hydrogens is 290 g/mol. The van der Waals surface area contributed by atoms with Gasteiger partial charge in [-0.25, -0.2) is 18.1 Å². The number of aromatic nitrogens is 1. The van der Waals surface area contributed by atoms with Gasteiger partial charge < -0.3 is 10.5 Å². The van der Waals surface area contributed by atoms with Crippen molar-refractivity contribution in [2.24, 2.45) is 5.73 Å². The van der Waals surface area contributed by atoms with Crippen molar-refractivity contribution in [3.05, 3.63) is 53.7 Å². The lowest BCUT2D eigenvalue weighted by Crippen LogP contribution is -2.24. The van der Waals surface area contributed by atoms with Crippen LogP contribution in [-0.2, 0) is 23.1 Å². The molecule has 0 atom stereocenters. The van der Waals surface area contributed by atoms with Crippen LogP contribution >= 0.6 is 0 Å². The van der Waals surface area contributed by atoms with Gasteiger partial charge in [0, 0.05) is 25.4 Å². The molecule has 21 heavy (non-hydrogen) atoms. The van der Waals surface area contributed by atoms with Gasteiger partial charge in [-0.05, 0) is 23.3 Å². The van der Waals surface area contributed by atoms with Gasteiger partial charge in [-0.15, -0.1) is 0 Å². The van der Waals surface area contributed by atoms with E-state index in [4.69, 9.17) is 10.5 Å². The Morgan fingerprint density at radius 1 is 1.29 bits per heavy atom. The van der Waals surface area contributed by atoms with E-state index in [1.165, 1.54) is 13.2 Å². The van der Waals surface area contributed by atoms with E-state index in [0.717, 1.165) is 5.56 Å². The van der Waals surface area contributed by atoms with Gasteiger partial charge >= 0.3 is 0 Å². The standard InChI is InChI=1S/C14H17N3O3S/c1-20-14-8-11(6-7-16-14)10-17-21(18,19)13-5-3-2-4-12(13)9-15/h2-8,17H,9-10,15H2,1H3. The summed E-state index contributed by atoms with van der Waals surface area (Å²) >= 11 is 0. The predicted molar refractivity (Wildman–Crippen MR) is 79.1 cm³/mol. The molecule has 0 aliphatic heterocycles. The average molecular weight is 307 g/mol. The second kappa shape index (κ2) is 6.66. The fourth-order valence-corrected chi connectivity index (χ4v) is 3.13. The Balaban J connectivity index is 2.18. The third-order valence-electron chi connectivity index (χ3n) is 2.96. The van der Waals surface area contributed by atoms with Gasteiger partial charge in [-0.2, -0.15) is 0 Å². The minimum Gasteiger partial charge on any atom is -0.481 e. The molecule has 0 aliphatic rings. The van der Waals surface area contributed by atoms with Crippen molar-refractivity contribution in [2.75, 3.05) is 7.11 Å². The highest BCUT2D eigenvalue weighted by molar-refractivity contribution is 7.89. The van der Waals surface area contributed by atoms with Crippen LogP contribution in [-0.4, -0.2) is 20.5 Å². The van der Waals surface area contributed by atoms with Crippen molar-refractivity contribution < 1.29 is 13.2 Å². The fourth-order valence-electron chi connectivity index (χ4n) is 1.86. The van der Waals surface area contributed by atoms with Crippen LogP contribution in [0.3, 0.4) is 0 Å². The van der Waals surface area contributed by atoms with Crippen LogP contribution in [0.2, 0.25) is 0 Å². The van der Waals surface area contributed by atoms with E-state index in [9.17, 15) is 8.42 Å². The van der Waals surface area contributed by atoms with E-state index in [1.54, 1.807) is 36.5 Å². The van der Waals surface area contributed by atoms with Crippen LogP contribution in [0.1, 0.15) is 11.1 Å². The third-order valence-corrected chi connectivity index (χ3v) is 4.46. The summed E-state index contributed by atoms with van der Waals surface area (Å²) in [7, 11) is -2.10. The molecule has 0 aliphatic carbocycles. The normalized spacial score (nSPS) is 11.3. The predicted octanol–water partition coefficient (Wildman–Crippen LogP) is 1.03. The Bertz CT molecular complexity index is 717. The second-order valence-electron chi connectivity index (χ2n) is 4.34. The van der Waals surface area contributed by atoms with E-state index >= 15 is 0 Å². The van der Waals surface area contributed by atoms with E-state index < -0.39 is 10.0 Å². The maximum absolute atomic E-state index is 12.3. The van der Waals surface area contributed by atoms with Gasteiger partial charge in [0.05, 0.1) is 12.0 Å². The van der Waals surface area contributed by atoms with Crippen LogP contribution in [0.4, 0.5) is 0 Å². The number of methoxy groups -OCH3 is 1. The van der Waals surface area contributed by atoms with Gasteiger partial charge in [0.1, 0.15) is 0 Å². The van der Waals surface area contributed by atoms with Gasteiger partial charge in [0.15, 0.2) is 0 Å². The quantitative estimate of drug-likeness (QED) is 0.831. The van der Waals surface area contributed by atoms with Crippen molar-refractivity contribution >= 4 is 10.0 Å². The Kier molecular flexibility index (Phi) is 4.89. The topological polar surface area (TPSA) is 94.3 Å². The number of nitrogens with one attached hydrogen (secondary N) is 1. The lowest BCUT2D eigenvalue weighted by Gasteiger charge is -2.10. The smallest absolute Gasteiger partial charge is 0.241 e. The highest BCUT2D eigenvalue weighted by Crippen LogP contribution is 2.15. The van der Waals surface area contributed by atoms with Crippen LogP contribution in [0.5, 0.6) is 5.88 Å². The lowest BCUT2D eigenvalue weighted by atomic mass is 10.2. The summed E-state index contributed by atoms with van der Waals surface area (Å²) in [6, 6.07) is 10.1. The molecule has 7 heteroatoms. The SMILES string of the molecule is COc1cc(CNS(=O)(=O)c2ccccc2CN)ccn1. The number of rotatable bonds is 6. The van der Waals surface area contributed by atoms with E-state index in [1.807, 2.05) is 0 Å². The lowest BCUT2D eigenvalue weighted by molar-refractivity contribution is 0.397. The zero-order valence-corrected chi connectivity index (χ0v) is 12.4. The van der Waals surface area contributed by atoms with Crippen molar-refractivity contribution in [3.63, 3.8) is 0 Å². The molecule has 0 amide bonds. The monoisotopic (exact) mass is 307 g/mol. The highest BCUT2D eigenvalue weighted by atomic mass is 32.2. The van der Waals surface area contributed by atoms with Crippen LogP contribution in [0.15, 0.2) is 47.5 Å². The fraction of sp³-hybridized carbons (Fsp3) is 0.214. The molecule has 0 saturated carbocycles. The number of nitrogens with zero attached hydrogens (tertiary/aromatic N) is 1. The van der Waals surface area contributed by atoms with E-state index in [-0.39, 0.29) is 18.0 Å². The number of ether oxygens (including phenoxy) is 1. The second-order valence-corrected chi connectivity index (χ2v) is 6.08. The Hall–Kier alpha value is -1.96. The minimum absolute atomic E-state index is 0.153. The van der Waals surface area contributed by atoms with Gasteiger partial charge in [-0.1, -0.05) is 18.2 Å². The number of pyridine rings is 1. The summed E-state index contributed by atoms with van der Waals surface area (Å²) in [5.74, 6) is 0.439. The van der Waals surface area contributed by atoms with Crippen molar-refractivity contribution in [2.45, 2.75) is 18.0 Å². The summed E-state index contributed by atoms with van der Waals surface area (Å²) in [6.07, 6.45) is 1.57. The van der Waals surface area contributed by atoms with Gasteiger partial charge in [0.2, 0.25) is 15.9 Å². The zero-order valence-electron chi connectivity index (χ0n) is 11.6. The molecule has 0 fully saturated rings. The van der Waals surface area contributed by atoms with Crippen LogP contribution in [0.25, 0.3) is 0 Å². The molecule has 0 radical (unpaired) electrons. The van der Waals surface area contributed by atoms with Gasteiger partial charge in [0.25, 0.3) is 0 Å². The molecule has 2 aromatic rings. The van der Waals surface area contributed by atoms with Crippen molar-refractivity contribution in [3.8, 4) is 5.88 Å². The molecule has 0 spiro atoms. The molecule has 2 rings (SSSR count). The first-order valence-electron chi connectivity index (χ1n) is 6.33. The maximum Gasteiger partial charge on any atom is 0.241 e. The molecule has 0 bridgehead atoms. The molecule has 0 saturated heterocycles. The number of hydrogen-bond acceptors (Lipinski definition) is 5.